The summed E-state index contributed by atoms with van der Waals surface area (Å²) in [6, 6.07) is 0. The van der Waals surface area contributed by atoms with Crippen LogP contribution in [0.1, 0.15) is 91.4 Å². The Kier molecular flexibility index (Phi) is 5.08. The number of hydrogen-bond acceptors (Lipinski definition) is 1. The Morgan fingerprint density at radius 3 is 2.65 bits per heavy atom. The quantitative estimate of drug-likeness (QED) is 0.561. The van der Waals surface area contributed by atoms with E-state index in [0.717, 1.165) is 41.9 Å². The molecule has 0 saturated heterocycles. The molecule has 1 heteroatoms. The molecule has 26 heavy (non-hydrogen) atoms. The first-order valence-electron chi connectivity index (χ1n) is 11.7. The van der Waals surface area contributed by atoms with E-state index in [4.69, 9.17) is 6.58 Å². The second-order valence-electron chi connectivity index (χ2n) is 11.0. The summed E-state index contributed by atoms with van der Waals surface area (Å²) >= 11 is 0. The van der Waals surface area contributed by atoms with Crippen LogP contribution in [-0.2, 0) is 0 Å². The molecule has 0 aromatic rings. The van der Waals surface area contributed by atoms with Crippen molar-refractivity contribution in [2.75, 3.05) is 6.61 Å². The van der Waals surface area contributed by atoms with E-state index in [-0.39, 0.29) is 0 Å². The molecule has 4 saturated carbocycles. The van der Waals surface area contributed by atoms with Crippen LogP contribution < -0.4 is 0 Å². The minimum Gasteiger partial charge on any atom is -0.396 e. The summed E-state index contributed by atoms with van der Waals surface area (Å²) in [7, 11) is 0. The van der Waals surface area contributed by atoms with Gasteiger partial charge in [0, 0.05) is 6.61 Å². The molecule has 0 spiro atoms. The van der Waals surface area contributed by atoms with E-state index in [1.165, 1.54) is 64.2 Å². The third kappa shape index (κ3) is 2.66. The number of fused-ring (bicyclic) bond motifs is 5. The highest BCUT2D eigenvalue weighted by atomic mass is 16.2. The molecule has 8 atom stereocenters. The van der Waals surface area contributed by atoms with Gasteiger partial charge in [0.2, 0.25) is 0 Å². The van der Waals surface area contributed by atoms with E-state index in [1.54, 1.807) is 5.57 Å². The normalized spacial score (nSPS) is 49.2. The van der Waals surface area contributed by atoms with Crippen LogP contribution in [0.4, 0.5) is 0 Å². The predicted molar refractivity (Wildman–Crippen MR) is 110 cm³/mol. The van der Waals surface area contributed by atoms with Crippen LogP contribution in [0.2, 0.25) is 0 Å². The predicted octanol–water partition coefficient (Wildman–Crippen LogP) is 6.61. The van der Waals surface area contributed by atoms with Gasteiger partial charge in [-0.05, 0) is 104 Å². The fraction of sp³-hybridized carbons (Fsp3) is 0.920. The van der Waals surface area contributed by atoms with Gasteiger partial charge in [0.25, 0.3) is 0 Å². The van der Waals surface area contributed by atoms with Crippen molar-refractivity contribution in [1.29, 1.82) is 0 Å². The van der Waals surface area contributed by atoms with Crippen molar-refractivity contribution >= 4 is 0 Å². The first-order valence-corrected chi connectivity index (χ1v) is 11.7. The van der Waals surface area contributed by atoms with Gasteiger partial charge in [-0.15, -0.1) is 0 Å². The molecule has 0 bridgehead atoms. The highest BCUT2D eigenvalue weighted by Gasteiger charge is 2.61. The molecular formula is C25H42O. The summed E-state index contributed by atoms with van der Waals surface area (Å²) < 4.78 is 0. The van der Waals surface area contributed by atoms with E-state index >= 15 is 0 Å². The van der Waals surface area contributed by atoms with Crippen molar-refractivity contribution in [2.45, 2.75) is 91.4 Å². The number of rotatable bonds is 4. The van der Waals surface area contributed by atoms with Crippen molar-refractivity contribution in [2.24, 2.45) is 46.3 Å². The van der Waals surface area contributed by atoms with Crippen LogP contribution in [0.15, 0.2) is 12.2 Å². The number of hydrogen-bond donors (Lipinski definition) is 1. The van der Waals surface area contributed by atoms with Gasteiger partial charge in [0.1, 0.15) is 0 Å². The average molecular weight is 359 g/mol. The van der Waals surface area contributed by atoms with Crippen molar-refractivity contribution in [3.8, 4) is 0 Å². The molecule has 0 aliphatic heterocycles. The van der Waals surface area contributed by atoms with Crippen molar-refractivity contribution in [3.05, 3.63) is 12.2 Å². The Morgan fingerprint density at radius 2 is 1.88 bits per heavy atom. The second-order valence-corrected chi connectivity index (χ2v) is 11.0. The lowest BCUT2D eigenvalue weighted by Crippen LogP contribution is -2.53. The highest BCUT2D eigenvalue weighted by molar-refractivity contribution is 5.24. The van der Waals surface area contributed by atoms with Crippen molar-refractivity contribution in [1.82, 2.24) is 0 Å². The van der Waals surface area contributed by atoms with Crippen LogP contribution in [0.5, 0.6) is 0 Å². The zero-order chi connectivity index (χ0) is 18.5. The highest BCUT2D eigenvalue weighted by Crippen LogP contribution is 2.69. The van der Waals surface area contributed by atoms with Crippen LogP contribution in [0, 0.1) is 46.3 Å². The molecule has 0 amide bonds. The summed E-state index contributed by atoms with van der Waals surface area (Å²) in [6.07, 6.45) is 15.2. The molecule has 4 rings (SSSR count). The Bertz CT molecular complexity index is 538. The van der Waals surface area contributed by atoms with Crippen LogP contribution in [0.25, 0.3) is 0 Å². The smallest absolute Gasteiger partial charge is 0.0431 e. The summed E-state index contributed by atoms with van der Waals surface area (Å²) in [5, 5.41) is 9.28. The van der Waals surface area contributed by atoms with Crippen molar-refractivity contribution < 1.29 is 5.11 Å². The molecule has 1 nitrogen and oxygen atoms in total. The molecule has 6 unspecified atom stereocenters. The molecular weight excluding hydrogens is 316 g/mol. The third-order valence-electron chi connectivity index (χ3n) is 10.2. The van der Waals surface area contributed by atoms with E-state index in [1.807, 2.05) is 0 Å². The van der Waals surface area contributed by atoms with E-state index < -0.39 is 0 Å². The summed E-state index contributed by atoms with van der Waals surface area (Å²) in [5.74, 6) is 5.28. The molecule has 4 fully saturated rings. The third-order valence-corrected chi connectivity index (χ3v) is 10.2. The molecule has 0 radical (unpaired) electrons. The van der Waals surface area contributed by atoms with Crippen molar-refractivity contribution in [3.63, 3.8) is 0 Å². The maximum absolute atomic E-state index is 9.28. The van der Waals surface area contributed by atoms with E-state index in [2.05, 4.69) is 20.8 Å². The van der Waals surface area contributed by atoms with Gasteiger partial charge < -0.3 is 5.11 Å². The summed E-state index contributed by atoms with van der Waals surface area (Å²) in [5.41, 5.74) is 2.58. The lowest BCUT2D eigenvalue weighted by Gasteiger charge is -2.61. The largest absolute Gasteiger partial charge is 0.396 e. The number of allylic oxidation sites excluding steroid dienone is 1. The van der Waals surface area contributed by atoms with Gasteiger partial charge in [-0.2, -0.15) is 0 Å². The molecule has 148 valence electrons. The van der Waals surface area contributed by atoms with E-state index in [0.29, 0.717) is 17.4 Å². The topological polar surface area (TPSA) is 20.2 Å². The van der Waals surface area contributed by atoms with Gasteiger partial charge in [0.05, 0.1) is 0 Å². The Balaban J connectivity index is 1.60. The fourth-order valence-electron chi connectivity index (χ4n) is 8.74. The lowest BCUT2D eigenvalue weighted by atomic mass is 9.43. The Morgan fingerprint density at radius 1 is 1.08 bits per heavy atom. The maximum Gasteiger partial charge on any atom is 0.0431 e. The van der Waals surface area contributed by atoms with E-state index in [9.17, 15) is 5.11 Å². The van der Waals surface area contributed by atoms with Crippen LogP contribution >= 0.6 is 0 Å². The first kappa shape index (κ1) is 19.0. The lowest BCUT2D eigenvalue weighted by molar-refractivity contribution is -0.0909. The fourth-order valence-corrected chi connectivity index (χ4v) is 8.74. The Labute approximate surface area is 162 Å². The summed E-state index contributed by atoms with van der Waals surface area (Å²) in [6.45, 7) is 12.8. The minimum atomic E-state index is 0.350. The minimum absolute atomic E-state index is 0.350. The average Bonchev–Trinajstić information content (AvgIpc) is 2.99. The molecule has 0 heterocycles. The molecule has 4 aliphatic rings. The van der Waals surface area contributed by atoms with Crippen LogP contribution in [-0.4, -0.2) is 11.7 Å². The SMILES string of the molecule is C=C1CC2C(CCC3CCCC[C@]32C)C2CCC([C@H](C)CCCO)C12C. The van der Waals surface area contributed by atoms with Gasteiger partial charge in [0.15, 0.2) is 0 Å². The molecule has 0 aromatic heterocycles. The van der Waals surface area contributed by atoms with Gasteiger partial charge >= 0.3 is 0 Å². The zero-order valence-corrected chi connectivity index (χ0v) is 17.6. The number of aliphatic hydroxyl groups is 1. The maximum atomic E-state index is 9.28. The van der Waals surface area contributed by atoms with Crippen LogP contribution in [0.3, 0.4) is 0 Å². The standard InChI is InChI=1S/C25H42O/c1-17(8-7-15-26)21-12-13-22-20-11-10-19-9-5-6-14-24(19,3)23(20)16-18(2)25(21,22)4/h17,19-23,26H,2,5-16H2,1,3-4H3/t17-,19?,20?,21?,22?,23?,24-,25?/m1/s1. The molecule has 4 aliphatic carbocycles. The first-order chi connectivity index (χ1) is 12.4. The molecule has 1 N–H and O–H groups in total. The summed E-state index contributed by atoms with van der Waals surface area (Å²) in [4.78, 5) is 0. The second kappa shape index (κ2) is 6.94. The van der Waals surface area contributed by atoms with Gasteiger partial charge in [-0.1, -0.05) is 45.8 Å². The zero-order valence-electron chi connectivity index (χ0n) is 17.6. The van der Waals surface area contributed by atoms with Gasteiger partial charge in [-0.25, -0.2) is 0 Å². The van der Waals surface area contributed by atoms with Gasteiger partial charge in [-0.3, -0.25) is 0 Å². The Hall–Kier alpha value is -0.300. The number of aliphatic hydroxyl groups excluding tert-OH is 1. The molecule has 0 aromatic carbocycles. The monoisotopic (exact) mass is 358 g/mol.